The molecular formula is C12H14IN. The number of rotatable bonds is 2. The monoisotopic (exact) mass is 299 g/mol. The minimum Gasteiger partial charge on any atom is -0.295 e. The topological polar surface area (TPSA) is 3.24 Å². The van der Waals surface area contributed by atoms with Crippen LogP contribution in [0.2, 0.25) is 0 Å². The first kappa shape index (κ1) is 9.16. The molecule has 0 N–H and O–H groups in total. The fourth-order valence-corrected chi connectivity index (χ4v) is 3.92. The Morgan fingerprint density at radius 3 is 2.64 bits per heavy atom. The van der Waals surface area contributed by atoms with Crippen molar-refractivity contribution in [1.82, 2.24) is 4.90 Å². The van der Waals surface area contributed by atoms with Crippen molar-refractivity contribution >= 4 is 22.6 Å². The smallest absolute Gasteiger partial charge is 0.0307 e. The van der Waals surface area contributed by atoms with Crippen LogP contribution in [-0.2, 0) is 6.54 Å². The first-order chi connectivity index (χ1) is 6.84. The maximum atomic E-state index is 2.65. The van der Waals surface area contributed by atoms with Crippen LogP contribution in [-0.4, -0.2) is 21.4 Å². The lowest BCUT2D eigenvalue weighted by atomic mass is 9.86. The summed E-state index contributed by atoms with van der Waals surface area (Å²) in [6.07, 6.45) is 1.44. The zero-order valence-corrected chi connectivity index (χ0v) is 10.2. The quantitative estimate of drug-likeness (QED) is 0.599. The van der Waals surface area contributed by atoms with E-state index in [1.54, 1.807) is 0 Å². The van der Waals surface area contributed by atoms with Crippen LogP contribution < -0.4 is 0 Å². The van der Waals surface area contributed by atoms with Crippen LogP contribution in [0.5, 0.6) is 0 Å². The van der Waals surface area contributed by atoms with Crippen LogP contribution in [0.15, 0.2) is 30.3 Å². The summed E-state index contributed by atoms with van der Waals surface area (Å²) in [6.45, 7) is 2.48. The first-order valence-electron chi connectivity index (χ1n) is 5.26. The molecule has 1 aromatic rings. The summed E-state index contributed by atoms with van der Waals surface area (Å²) in [6, 6.07) is 11.7. The highest BCUT2D eigenvalue weighted by atomic mass is 127. The van der Waals surface area contributed by atoms with Gasteiger partial charge in [0.1, 0.15) is 0 Å². The predicted molar refractivity (Wildman–Crippen MR) is 66.6 cm³/mol. The molecule has 2 aliphatic heterocycles. The highest BCUT2D eigenvalue weighted by Crippen LogP contribution is 2.46. The number of hydrogen-bond donors (Lipinski definition) is 0. The van der Waals surface area contributed by atoms with Crippen molar-refractivity contribution < 1.29 is 0 Å². The standard InChI is InChI=1S/C12H14IN/c13-12-10-6-11(12)14(8-10)7-9-4-2-1-3-5-9/h1-5,10-12H,6-8H2/t10-,11-,12-/m1/s1. The lowest BCUT2D eigenvalue weighted by Gasteiger charge is -2.32. The zero-order valence-electron chi connectivity index (χ0n) is 8.07. The van der Waals surface area contributed by atoms with Gasteiger partial charge in [-0.05, 0) is 17.9 Å². The summed E-state index contributed by atoms with van der Waals surface area (Å²) in [5, 5.41) is 0. The van der Waals surface area contributed by atoms with Gasteiger partial charge < -0.3 is 0 Å². The Morgan fingerprint density at radius 2 is 2.07 bits per heavy atom. The second-order valence-electron chi connectivity index (χ2n) is 4.42. The van der Waals surface area contributed by atoms with Gasteiger partial charge in [0.05, 0.1) is 0 Å². The molecule has 2 bridgehead atoms. The van der Waals surface area contributed by atoms with Crippen molar-refractivity contribution in [2.45, 2.75) is 22.9 Å². The van der Waals surface area contributed by atoms with Gasteiger partial charge in [-0.1, -0.05) is 52.9 Å². The van der Waals surface area contributed by atoms with E-state index in [1.807, 2.05) is 0 Å². The molecule has 3 aliphatic rings. The molecule has 0 radical (unpaired) electrons. The number of fused-ring (bicyclic) bond motifs is 1. The molecule has 0 unspecified atom stereocenters. The number of benzene rings is 1. The van der Waals surface area contributed by atoms with E-state index in [0.29, 0.717) is 0 Å². The Bertz CT molecular complexity index is 324. The number of halogens is 1. The molecule has 0 aromatic heterocycles. The summed E-state index contributed by atoms with van der Waals surface area (Å²) in [4.78, 5) is 2.65. The molecule has 74 valence electrons. The third-order valence-electron chi connectivity index (χ3n) is 3.53. The Labute approximate surface area is 98.6 Å². The van der Waals surface area contributed by atoms with Gasteiger partial charge in [-0.2, -0.15) is 0 Å². The van der Waals surface area contributed by atoms with E-state index in [1.165, 1.54) is 18.5 Å². The normalized spacial score (nSPS) is 35.6. The summed E-state index contributed by atoms with van der Waals surface area (Å²) in [5.74, 6) is 0.990. The fraction of sp³-hybridized carbons (Fsp3) is 0.500. The number of alkyl halides is 1. The van der Waals surface area contributed by atoms with Gasteiger partial charge in [-0.25, -0.2) is 0 Å². The molecule has 4 rings (SSSR count). The number of hydrogen-bond acceptors (Lipinski definition) is 1. The molecule has 1 aliphatic carbocycles. The van der Waals surface area contributed by atoms with Crippen LogP contribution in [0, 0.1) is 5.92 Å². The first-order valence-corrected chi connectivity index (χ1v) is 6.51. The molecule has 2 heteroatoms. The molecule has 0 spiro atoms. The molecular weight excluding hydrogens is 285 g/mol. The van der Waals surface area contributed by atoms with Gasteiger partial charge in [0.15, 0.2) is 0 Å². The summed E-state index contributed by atoms with van der Waals surface area (Å²) in [5.41, 5.74) is 1.46. The fourth-order valence-electron chi connectivity index (χ4n) is 2.65. The minimum atomic E-state index is 0.876. The van der Waals surface area contributed by atoms with E-state index in [2.05, 4.69) is 57.8 Å². The highest BCUT2D eigenvalue weighted by molar-refractivity contribution is 14.1. The van der Waals surface area contributed by atoms with E-state index in [-0.39, 0.29) is 0 Å². The molecule has 2 saturated heterocycles. The molecule has 1 nitrogen and oxygen atoms in total. The lowest BCUT2D eigenvalue weighted by molar-refractivity contribution is 0.253. The maximum Gasteiger partial charge on any atom is 0.0307 e. The van der Waals surface area contributed by atoms with Crippen LogP contribution in [0.4, 0.5) is 0 Å². The van der Waals surface area contributed by atoms with Crippen molar-refractivity contribution in [3.63, 3.8) is 0 Å². The molecule has 3 fully saturated rings. The van der Waals surface area contributed by atoms with Crippen molar-refractivity contribution in [1.29, 1.82) is 0 Å². The molecule has 0 amide bonds. The Hall–Kier alpha value is -0.0900. The van der Waals surface area contributed by atoms with Crippen LogP contribution >= 0.6 is 22.6 Å². The molecule has 14 heavy (non-hydrogen) atoms. The largest absolute Gasteiger partial charge is 0.295 e. The van der Waals surface area contributed by atoms with Gasteiger partial charge in [0.2, 0.25) is 0 Å². The molecule has 2 heterocycles. The van der Waals surface area contributed by atoms with Crippen molar-refractivity contribution in [3.8, 4) is 0 Å². The third kappa shape index (κ3) is 1.39. The van der Waals surface area contributed by atoms with Gasteiger partial charge >= 0.3 is 0 Å². The zero-order chi connectivity index (χ0) is 9.54. The average molecular weight is 299 g/mol. The molecule has 1 aromatic carbocycles. The third-order valence-corrected chi connectivity index (χ3v) is 5.38. The van der Waals surface area contributed by atoms with Crippen LogP contribution in [0.1, 0.15) is 12.0 Å². The lowest BCUT2D eigenvalue weighted by Crippen LogP contribution is -2.38. The van der Waals surface area contributed by atoms with Gasteiger partial charge in [-0.3, -0.25) is 4.90 Å². The SMILES string of the molecule is I[C@@H]1[C@@H]2C[C@H]1N(Cc1ccccc1)C2. The van der Waals surface area contributed by atoms with E-state index >= 15 is 0 Å². The van der Waals surface area contributed by atoms with Crippen molar-refractivity contribution in [2.75, 3.05) is 6.54 Å². The van der Waals surface area contributed by atoms with Gasteiger partial charge in [-0.15, -0.1) is 0 Å². The Morgan fingerprint density at radius 1 is 1.29 bits per heavy atom. The van der Waals surface area contributed by atoms with Gasteiger partial charge in [0.25, 0.3) is 0 Å². The molecule has 1 saturated carbocycles. The summed E-state index contributed by atoms with van der Waals surface area (Å²) in [7, 11) is 0. The average Bonchev–Trinajstić information content (AvgIpc) is 2.75. The maximum absolute atomic E-state index is 2.65. The Kier molecular flexibility index (Phi) is 2.28. The van der Waals surface area contributed by atoms with Crippen LogP contribution in [0.3, 0.4) is 0 Å². The predicted octanol–water partition coefficient (Wildman–Crippen LogP) is 2.69. The summed E-state index contributed by atoms with van der Waals surface area (Å²) < 4.78 is 0.927. The van der Waals surface area contributed by atoms with Gasteiger partial charge in [0, 0.05) is 23.1 Å². The second-order valence-corrected chi connectivity index (χ2v) is 5.86. The van der Waals surface area contributed by atoms with Crippen LogP contribution in [0.25, 0.3) is 0 Å². The van der Waals surface area contributed by atoms with E-state index in [9.17, 15) is 0 Å². The van der Waals surface area contributed by atoms with E-state index in [4.69, 9.17) is 0 Å². The van der Waals surface area contributed by atoms with Crippen molar-refractivity contribution in [3.05, 3.63) is 35.9 Å². The van der Waals surface area contributed by atoms with E-state index < -0.39 is 0 Å². The van der Waals surface area contributed by atoms with Crippen molar-refractivity contribution in [2.24, 2.45) is 5.92 Å². The highest BCUT2D eigenvalue weighted by Gasteiger charge is 2.50. The molecule has 3 atom stereocenters. The summed E-state index contributed by atoms with van der Waals surface area (Å²) >= 11 is 2.62. The second kappa shape index (κ2) is 3.49. The van der Waals surface area contributed by atoms with E-state index in [0.717, 1.165) is 22.4 Å². The number of nitrogens with zero attached hydrogens (tertiary/aromatic N) is 1. The minimum absolute atomic E-state index is 0.876. The Balaban J connectivity index is 1.69.